The summed E-state index contributed by atoms with van der Waals surface area (Å²) in [6.07, 6.45) is 6.69. The second-order valence-electron chi connectivity index (χ2n) is 8.07. The Morgan fingerprint density at radius 2 is 1.91 bits per heavy atom. The number of ether oxygens (including phenoxy) is 1. The quantitative estimate of drug-likeness (QED) is 0.378. The molecule has 9 heteroatoms. The highest BCUT2D eigenvalue weighted by Gasteiger charge is 2.19. The Balaban J connectivity index is 1.31. The molecule has 3 aromatic rings. The summed E-state index contributed by atoms with van der Waals surface area (Å²) in [5.41, 5.74) is 7.31. The molecule has 1 fully saturated rings. The summed E-state index contributed by atoms with van der Waals surface area (Å²) in [6.45, 7) is 5.23. The van der Waals surface area contributed by atoms with Crippen molar-refractivity contribution >= 4 is 21.4 Å². The van der Waals surface area contributed by atoms with Crippen molar-refractivity contribution in [3.8, 4) is 11.4 Å². The van der Waals surface area contributed by atoms with Crippen molar-refractivity contribution in [2.24, 2.45) is 0 Å². The maximum absolute atomic E-state index is 12.5. The number of benzene rings is 2. The van der Waals surface area contributed by atoms with E-state index in [1.165, 1.54) is 37.7 Å². The van der Waals surface area contributed by atoms with Gasteiger partial charge in [0.2, 0.25) is 0 Å². The van der Waals surface area contributed by atoms with Crippen LogP contribution < -0.4 is 15.2 Å². The van der Waals surface area contributed by atoms with Crippen molar-refractivity contribution in [1.82, 2.24) is 14.7 Å². The van der Waals surface area contributed by atoms with Crippen molar-refractivity contribution < 1.29 is 13.2 Å². The summed E-state index contributed by atoms with van der Waals surface area (Å²) in [5, 5.41) is 4.26. The van der Waals surface area contributed by atoms with E-state index in [0.717, 1.165) is 24.4 Å². The third kappa shape index (κ3) is 5.41. The highest BCUT2D eigenvalue weighted by molar-refractivity contribution is 7.92. The first-order valence-corrected chi connectivity index (χ1v) is 12.3. The summed E-state index contributed by atoms with van der Waals surface area (Å²) in [7, 11) is -3.71. The van der Waals surface area contributed by atoms with E-state index in [9.17, 15) is 8.42 Å². The van der Waals surface area contributed by atoms with Gasteiger partial charge >= 0.3 is 0 Å². The van der Waals surface area contributed by atoms with Crippen LogP contribution in [0.4, 0.5) is 11.4 Å². The Labute approximate surface area is 189 Å². The molecule has 0 saturated carbocycles. The van der Waals surface area contributed by atoms with Gasteiger partial charge in [-0.2, -0.15) is 5.10 Å². The third-order valence-corrected chi connectivity index (χ3v) is 7.07. The zero-order chi connectivity index (χ0) is 22.6. The normalized spacial score (nSPS) is 16.8. The Hall–Kier alpha value is -3.04. The minimum Gasteiger partial charge on any atom is -0.494 e. The lowest BCUT2D eigenvalue weighted by Crippen LogP contribution is -2.28. The minimum absolute atomic E-state index is 0.139. The average molecular weight is 456 g/mol. The molecule has 1 aliphatic rings. The Morgan fingerprint density at radius 3 is 2.59 bits per heavy atom. The molecule has 2 aromatic carbocycles. The molecular weight excluding hydrogens is 426 g/mol. The first kappa shape index (κ1) is 22.2. The zero-order valence-corrected chi connectivity index (χ0v) is 19.0. The first-order chi connectivity index (χ1) is 15.4. The number of nitrogen functional groups attached to an aromatic ring is 1. The van der Waals surface area contributed by atoms with Crippen molar-refractivity contribution in [3.05, 3.63) is 60.9 Å². The van der Waals surface area contributed by atoms with Crippen molar-refractivity contribution in [1.29, 1.82) is 0 Å². The maximum atomic E-state index is 12.5. The highest BCUT2D eigenvalue weighted by Crippen LogP contribution is 2.20. The van der Waals surface area contributed by atoms with Crippen molar-refractivity contribution in [2.75, 3.05) is 30.2 Å². The predicted molar refractivity (Wildman–Crippen MR) is 126 cm³/mol. The smallest absolute Gasteiger partial charge is 0.261 e. The van der Waals surface area contributed by atoms with Crippen LogP contribution in [0.2, 0.25) is 0 Å². The molecule has 0 radical (unpaired) electrons. The molecule has 1 saturated heterocycles. The van der Waals surface area contributed by atoms with Gasteiger partial charge in [0, 0.05) is 18.3 Å². The molecule has 8 nitrogen and oxygen atoms in total. The number of rotatable bonds is 9. The molecule has 0 aliphatic carbocycles. The number of anilines is 2. The van der Waals surface area contributed by atoms with Gasteiger partial charge in [0.05, 0.1) is 35.3 Å². The summed E-state index contributed by atoms with van der Waals surface area (Å²) < 4.78 is 35.1. The fourth-order valence-corrected chi connectivity index (χ4v) is 4.88. The number of hydrogen-bond acceptors (Lipinski definition) is 6. The van der Waals surface area contributed by atoms with Crippen LogP contribution in [0.5, 0.6) is 5.75 Å². The second kappa shape index (κ2) is 9.62. The fourth-order valence-electron chi connectivity index (χ4n) is 3.86. The third-order valence-electron chi connectivity index (χ3n) is 5.68. The van der Waals surface area contributed by atoms with E-state index < -0.39 is 10.0 Å². The van der Waals surface area contributed by atoms with Crippen LogP contribution in [0.3, 0.4) is 0 Å². The molecule has 1 aromatic heterocycles. The number of nitrogens with one attached hydrogen (secondary N) is 1. The molecule has 0 spiro atoms. The van der Waals surface area contributed by atoms with E-state index in [0.29, 0.717) is 24.0 Å². The van der Waals surface area contributed by atoms with Crippen LogP contribution in [0, 0.1) is 0 Å². The van der Waals surface area contributed by atoms with Gasteiger partial charge in [-0.25, -0.2) is 13.1 Å². The number of sulfonamides is 1. The zero-order valence-electron chi connectivity index (χ0n) is 18.1. The molecule has 1 aliphatic heterocycles. The van der Waals surface area contributed by atoms with Crippen LogP contribution in [0.25, 0.3) is 5.69 Å². The van der Waals surface area contributed by atoms with Gasteiger partial charge in [-0.15, -0.1) is 0 Å². The predicted octanol–water partition coefficient (Wildman–Crippen LogP) is 3.51. The summed E-state index contributed by atoms with van der Waals surface area (Å²) in [4.78, 5) is 2.66. The summed E-state index contributed by atoms with van der Waals surface area (Å²) >= 11 is 0. The molecule has 4 rings (SSSR count). The summed E-state index contributed by atoms with van der Waals surface area (Å²) in [5.74, 6) is 0.805. The van der Waals surface area contributed by atoms with Crippen LogP contribution in [0.15, 0.2) is 65.8 Å². The van der Waals surface area contributed by atoms with Crippen LogP contribution in [0.1, 0.15) is 26.2 Å². The molecule has 0 amide bonds. The number of hydrogen-bond donors (Lipinski definition) is 2. The standard InChI is InChI=1S/C23H29N5O3S/c1-18-4-2-13-27(18)14-3-15-31-22-9-7-21(8-10-22)28-17-20(16-25-28)26-32(29,30)23-11-5-19(24)6-12-23/h5-12,16-18,26H,2-4,13-15,24H2,1H3. The minimum atomic E-state index is -3.71. The molecule has 2 heterocycles. The number of aromatic nitrogens is 2. The largest absolute Gasteiger partial charge is 0.494 e. The van der Waals surface area contributed by atoms with E-state index in [2.05, 4.69) is 21.6 Å². The molecule has 0 bridgehead atoms. The number of nitrogens with zero attached hydrogens (tertiary/aromatic N) is 3. The Kier molecular flexibility index (Phi) is 6.66. The van der Waals surface area contributed by atoms with Gasteiger partial charge in [0.25, 0.3) is 10.0 Å². The van der Waals surface area contributed by atoms with Crippen molar-refractivity contribution in [2.45, 2.75) is 37.1 Å². The topological polar surface area (TPSA) is 102 Å². The van der Waals surface area contributed by atoms with Crippen molar-refractivity contribution in [3.63, 3.8) is 0 Å². The average Bonchev–Trinajstić information content (AvgIpc) is 3.40. The number of likely N-dealkylation sites (tertiary alicyclic amines) is 1. The van der Waals surface area contributed by atoms with Gasteiger partial charge in [0.1, 0.15) is 5.75 Å². The lowest BCUT2D eigenvalue weighted by molar-refractivity contribution is 0.230. The number of nitrogens with two attached hydrogens (primary N) is 1. The van der Waals surface area contributed by atoms with Gasteiger partial charge in [-0.1, -0.05) is 0 Å². The van der Waals surface area contributed by atoms with E-state index in [1.807, 2.05) is 24.3 Å². The van der Waals surface area contributed by atoms with Gasteiger partial charge < -0.3 is 15.4 Å². The monoisotopic (exact) mass is 455 g/mol. The second-order valence-corrected chi connectivity index (χ2v) is 9.75. The van der Waals surface area contributed by atoms with Gasteiger partial charge in [-0.3, -0.25) is 4.72 Å². The molecule has 1 atom stereocenters. The molecule has 1 unspecified atom stereocenters. The van der Waals surface area contributed by atoms with Crippen LogP contribution in [-0.4, -0.2) is 48.8 Å². The lowest BCUT2D eigenvalue weighted by Gasteiger charge is -2.20. The molecule has 32 heavy (non-hydrogen) atoms. The Bertz CT molecular complexity index is 1130. The van der Waals surface area contributed by atoms with E-state index >= 15 is 0 Å². The SMILES string of the molecule is CC1CCCN1CCCOc1ccc(-n2cc(NS(=O)(=O)c3ccc(N)cc3)cn2)cc1. The maximum Gasteiger partial charge on any atom is 0.261 e. The fraction of sp³-hybridized carbons (Fsp3) is 0.348. The summed E-state index contributed by atoms with van der Waals surface area (Å²) in [6, 6.07) is 14.3. The van der Waals surface area contributed by atoms with Gasteiger partial charge in [0.15, 0.2) is 0 Å². The van der Waals surface area contributed by atoms with Crippen LogP contribution >= 0.6 is 0 Å². The molecular formula is C23H29N5O3S. The highest BCUT2D eigenvalue weighted by atomic mass is 32.2. The van der Waals surface area contributed by atoms with E-state index in [4.69, 9.17) is 10.5 Å². The Morgan fingerprint density at radius 1 is 1.16 bits per heavy atom. The lowest BCUT2D eigenvalue weighted by atomic mass is 10.2. The first-order valence-electron chi connectivity index (χ1n) is 10.8. The van der Waals surface area contributed by atoms with Gasteiger partial charge in [-0.05, 0) is 81.3 Å². The van der Waals surface area contributed by atoms with E-state index in [-0.39, 0.29) is 4.90 Å². The van der Waals surface area contributed by atoms with Crippen LogP contribution in [-0.2, 0) is 10.0 Å². The molecule has 3 N–H and O–H groups in total. The molecule has 170 valence electrons. The van der Waals surface area contributed by atoms with E-state index in [1.54, 1.807) is 23.0 Å².